The van der Waals surface area contributed by atoms with Crippen molar-refractivity contribution in [1.29, 1.82) is 0 Å². The fourth-order valence-corrected chi connectivity index (χ4v) is 2.48. The van der Waals surface area contributed by atoms with Crippen molar-refractivity contribution in [1.82, 2.24) is 19.7 Å². The molecule has 5 nitrogen and oxygen atoms in total. The van der Waals surface area contributed by atoms with Crippen molar-refractivity contribution in [3.8, 4) is 11.3 Å². The van der Waals surface area contributed by atoms with E-state index in [1.807, 2.05) is 0 Å². The molecular weight excluding hydrogens is 288 g/mol. The van der Waals surface area contributed by atoms with Crippen LogP contribution in [-0.2, 0) is 7.05 Å². The fraction of sp³-hybridized carbons (Fsp3) is 0.133. The molecule has 0 amide bonds. The molecule has 112 valence electrons. The molecule has 0 aliphatic heterocycles. The number of nitrogens with two attached hydrogens (primary N) is 1. The minimum atomic E-state index is -0.672. The third kappa shape index (κ3) is 2.11. The lowest BCUT2D eigenvalue weighted by molar-refractivity contribution is 0.617. The Kier molecular flexibility index (Phi) is 3.13. The second-order valence-electron chi connectivity index (χ2n) is 5.03. The van der Waals surface area contributed by atoms with Crippen LogP contribution in [0.25, 0.3) is 27.7 Å². The van der Waals surface area contributed by atoms with Crippen molar-refractivity contribution in [2.45, 2.75) is 6.92 Å². The van der Waals surface area contributed by atoms with Crippen molar-refractivity contribution in [2.24, 2.45) is 7.05 Å². The quantitative estimate of drug-likeness (QED) is 0.790. The Morgan fingerprint density at radius 2 is 2.00 bits per heavy atom. The summed E-state index contributed by atoms with van der Waals surface area (Å²) in [7, 11) is 1.70. The number of benzene rings is 1. The lowest BCUT2D eigenvalue weighted by Gasteiger charge is -2.05. The second kappa shape index (κ2) is 4.87. The van der Waals surface area contributed by atoms with Crippen LogP contribution in [-0.4, -0.2) is 19.7 Å². The van der Waals surface area contributed by atoms with Gasteiger partial charge in [0, 0.05) is 18.0 Å². The molecule has 0 fully saturated rings. The van der Waals surface area contributed by atoms with E-state index in [4.69, 9.17) is 5.73 Å². The number of halogens is 2. The van der Waals surface area contributed by atoms with Crippen molar-refractivity contribution < 1.29 is 8.78 Å². The predicted molar refractivity (Wildman–Crippen MR) is 80.8 cm³/mol. The van der Waals surface area contributed by atoms with Gasteiger partial charge in [-0.05, 0) is 24.6 Å². The van der Waals surface area contributed by atoms with Crippen LogP contribution >= 0.6 is 0 Å². The average molecular weight is 301 g/mol. The van der Waals surface area contributed by atoms with Crippen molar-refractivity contribution >= 4 is 22.4 Å². The van der Waals surface area contributed by atoms with E-state index >= 15 is 0 Å². The average Bonchev–Trinajstić information content (AvgIpc) is 2.78. The summed E-state index contributed by atoms with van der Waals surface area (Å²) in [6.07, 6.45) is 0.961. The molecule has 0 spiro atoms. The van der Waals surface area contributed by atoms with Crippen LogP contribution < -0.4 is 5.73 Å². The predicted octanol–water partition coefficient (Wildman–Crippen LogP) is 2.92. The number of aryl methyl sites for hydroxylation is 1. The third-order valence-electron chi connectivity index (χ3n) is 3.33. The summed E-state index contributed by atoms with van der Waals surface area (Å²) in [6.45, 7) is 5.67. The van der Waals surface area contributed by atoms with Crippen molar-refractivity contribution in [2.75, 3.05) is 5.73 Å². The monoisotopic (exact) mass is 301 g/mol. The van der Waals surface area contributed by atoms with Crippen LogP contribution in [0.15, 0.2) is 24.9 Å². The molecule has 2 aromatic heterocycles. The van der Waals surface area contributed by atoms with Gasteiger partial charge in [-0.25, -0.2) is 18.7 Å². The number of aromatic nitrogens is 4. The number of rotatable bonds is 2. The van der Waals surface area contributed by atoms with Gasteiger partial charge in [0.05, 0.1) is 11.9 Å². The lowest BCUT2D eigenvalue weighted by Crippen LogP contribution is -1.99. The van der Waals surface area contributed by atoms with Crippen LogP contribution in [0.3, 0.4) is 0 Å². The zero-order chi connectivity index (χ0) is 16.0. The molecule has 7 heteroatoms. The number of nitrogens with zero attached hydrogens (tertiary/aromatic N) is 4. The van der Waals surface area contributed by atoms with Crippen molar-refractivity contribution in [3.05, 3.63) is 42.2 Å². The molecule has 0 aliphatic rings. The van der Waals surface area contributed by atoms with Crippen LogP contribution in [0.2, 0.25) is 0 Å². The number of nitrogen functional groups attached to an aromatic ring is 1. The van der Waals surface area contributed by atoms with Crippen LogP contribution in [0.4, 0.5) is 14.7 Å². The zero-order valence-electron chi connectivity index (χ0n) is 12.1. The highest BCUT2D eigenvalue weighted by Crippen LogP contribution is 2.31. The van der Waals surface area contributed by atoms with Gasteiger partial charge in [-0.3, -0.25) is 4.68 Å². The molecule has 3 aromatic rings. The molecule has 0 saturated heterocycles. The Morgan fingerprint density at radius 3 is 2.68 bits per heavy atom. The maximum absolute atomic E-state index is 14.3. The van der Waals surface area contributed by atoms with Gasteiger partial charge in [0.1, 0.15) is 11.2 Å². The van der Waals surface area contributed by atoms with Gasteiger partial charge in [-0.2, -0.15) is 5.10 Å². The SMILES string of the molecule is C=C(C)c1c2cc(-c3nc(N)ncc3F)cc(F)c2nn1C. The van der Waals surface area contributed by atoms with Crippen LogP contribution in [0.1, 0.15) is 12.6 Å². The van der Waals surface area contributed by atoms with E-state index in [-0.39, 0.29) is 22.7 Å². The third-order valence-corrected chi connectivity index (χ3v) is 3.33. The second-order valence-corrected chi connectivity index (χ2v) is 5.03. The normalized spacial score (nSPS) is 11.1. The first kappa shape index (κ1) is 14.1. The van der Waals surface area contributed by atoms with Gasteiger partial charge in [-0.1, -0.05) is 6.58 Å². The standard InChI is InChI=1S/C15H13F2N5/c1-7(2)14-9-4-8(5-10(16)13(9)21-22(14)3)12-11(17)6-19-15(18)20-12/h4-6H,1H2,2-3H3,(H2,18,19,20). The molecular formula is C15H13F2N5. The Balaban J connectivity index is 2.35. The highest BCUT2D eigenvalue weighted by atomic mass is 19.1. The van der Waals surface area contributed by atoms with Gasteiger partial charge in [0.15, 0.2) is 11.6 Å². The molecule has 0 bridgehead atoms. The number of hydrogen-bond donors (Lipinski definition) is 1. The number of anilines is 1. The first-order valence-corrected chi connectivity index (χ1v) is 6.49. The zero-order valence-corrected chi connectivity index (χ0v) is 12.1. The number of allylic oxidation sites excluding steroid dienone is 1. The maximum atomic E-state index is 14.3. The van der Waals surface area contributed by atoms with Gasteiger partial charge in [-0.15, -0.1) is 0 Å². The Labute approximate surface area is 125 Å². The topological polar surface area (TPSA) is 69.6 Å². The van der Waals surface area contributed by atoms with Gasteiger partial charge < -0.3 is 5.73 Å². The van der Waals surface area contributed by atoms with E-state index in [2.05, 4.69) is 21.6 Å². The highest BCUT2D eigenvalue weighted by molar-refractivity contribution is 5.93. The van der Waals surface area contributed by atoms with Gasteiger partial charge in [0.25, 0.3) is 0 Å². The Morgan fingerprint density at radius 1 is 1.27 bits per heavy atom. The molecule has 2 heterocycles. The smallest absolute Gasteiger partial charge is 0.220 e. The minimum Gasteiger partial charge on any atom is -0.368 e. The highest BCUT2D eigenvalue weighted by Gasteiger charge is 2.17. The first-order chi connectivity index (χ1) is 10.4. The van der Waals surface area contributed by atoms with Gasteiger partial charge >= 0.3 is 0 Å². The number of fused-ring (bicyclic) bond motifs is 1. The van der Waals surface area contributed by atoms with Crippen LogP contribution in [0.5, 0.6) is 0 Å². The molecule has 0 radical (unpaired) electrons. The summed E-state index contributed by atoms with van der Waals surface area (Å²) in [4.78, 5) is 7.41. The molecule has 22 heavy (non-hydrogen) atoms. The molecule has 2 N–H and O–H groups in total. The first-order valence-electron chi connectivity index (χ1n) is 6.49. The minimum absolute atomic E-state index is 0.0511. The maximum Gasteiger partial charge on any atom is 0.220 e. The summed E-state index contributed by atoms with van der Waals surface area (Å²) in [5, 5.41) is 4.68. The molecule has 0 atom stereocenters. The van der Waals surface area contributed by atoms with E-state index in [1.165, 1.54) is 6.07 Å². The number of hydrogen-bond acceptors (Lipinski definition) is 4. The Bertz CT molecular complexity index is 914. The van der Waals surface area contributed by atoms with E-state index in [1.54, 1.807) is 24.7 Å². The van der Waals surface area contributed by atoms with E-state index in [0.717, 1.165) is 11.8 Å². The summed E-state index contributed by atoms with van der Waals surface area (Å²) in [6, 6.07) is 2.81. The Hall–Kier alpha value is -2.83. The summed E-state index contributed by atoms with van der Waals surface area (Å²) < 4.78 is 29.8. The van der Waals surface area contributed by atoms with Crippen molar-refractivity contribution in [3.63, 3.8) is 0 Å². The molecule has 0 aliphatic carbocycles. The molecule has 1 aromatic carbocycles. The van der Waals surface area contributed by atoms with Gasteiger partial charge in [0.2, 0.25) is 5.95 Å². The van der Waals surface area contributed by atoms with Crippen LogP contribution in [0, 0.1) is 11.6 Å². The lowest BCUT2D eigenvalue weighted by atomic mass is 10.0. The molecule has 0 unspecified atom stereocenters. The summed E-state index contributed by atoms with van der Waals surface area (Å²) in [5.41, 5.74) is 7.31. The summed E-state index contributed by atoms with van der Waals surface area (Å²) >= 11 is 0. The molecule has 3 rings (SSSR count). The van der Waals surface area contributed by atoms with E-state index in [0.29, 0.717) is 11.1 Å². The van der Waals surface area contributed by atoms with E-state index in [9.17, 15) is 8.78 Å². The fourth-order valence-electron chi connectivity index (χ4n) is 2.48. The molecule has 0 saturated carbocycles. The largest absolute Gasteiger partial charge is 0.368 e. The summed E-state index contributed by atoms with van der Waals surface area (Å²) in [5.74, 6) is -1.32. The van der Waals surface area contributed by atoms with E-state index < -0.39 is 11.6 Å².